The van der Waals surface area contributed by atoms with Gasteiger partial charge in [-0.05, 0) is 25.6 Å². The van der Waals surface area contributed by atoms with E-state index < -0.39 is 0 Å². The molecule has 4 nitrogen and oxygen atoms in total. The molecule has 1 aromatic heterocycles. The van der Waals surface area contributed by atoms with Crippen LogP contribution in [0.2, 0.25) is 0 Å². The van der Waals surface area contributed by atoms with Gasteiger partial charge in [0.05, 0.1) is 0 Å². The minimum Gasteiger partial charge on any atom is -0.311 e. The lowest BCUT2D eigenvalue weighted by Crippen LogP contribution is -2.51. The van der Waals surface area contributed by atoms with Crippen molar-refractivity contribution in [2.45, 2.75) is 19.5 Å². The zero-order valence-electron chi connectivity index (χ0n) is 11.5. The van der Waals surface area contributed by atoms with E-state index in [-0.39, 0.29) is 0 Å². The molecule has 0 saturated carbocycles. The average Bonchev–Trinajstić information content (AvgIpc) is 2.40. The highest BCUT2D eigenvalue weighted by Crippen LogP contribution is 2.05. The molecule has 18 heavy (non-hydrogen) atoms. The number of nitrogens with one attached hydrogen (secondary N) is 1. The smallest absolute Gasteiger partial charge is 0.0312 e. The van der Waals surface area contributed by atoms with Crippen LogP contribution in [-0.2, 0) is 6.54 Å². The first kappa shape index (κ1) is 13.5. The Balaban J connectivity index is 1.61. The molecule has 100 valence electrons. The predicted molar refractivity (Wildman–Crippen MR) is 74.5 cm³/mol. The largest absolute Gasteiger partial charge is 0.311 e. The highest BCUT2D eigenvalue weighted by molar-refractivity contribution is 5.07. The molecule has 0 spiro atoms. The third-order valence-electron chi connectivity index (χ3n) is 3.70. The van der Waals surface area contributed by atoms with Gasteiger partial charge in [-0.25, -0.2) is 0 Å². The fourth-order valence-electron chi connectivity index (χ4n) is 2.30. The number of rotatable bonds is 5. The number of pyridine rings is 1. The van der Waals surface area contributed by atoms with Crippen molar-refractivity contribution in [3.8, 4) is 0 Å². The van der Waals surface area contributed by atoms with E-state index in [0.29, 0.717) is 6.04 Å². The molecule has 0 aliphatic carbocycles. The molecule has 2 rings (SSSR count). The van der Waals surface area contributed by atoms with E-state index in [1.807, 2.05) is 18.5 Å². The van der Waals surface area contributed by atoms with E-state index >= 15 is 0 Å². The minimum atomic E-state index is 0.678. The number of hydrogen-bond acceptors (Lipinski definition) is 4. The molecule has 1 N–H and O–H groups in total. The van der Waals surface area contributed by atoms with Crippen molar-refractivity contribution in [3.05, 3.63) is 30.1 Å². The molecular weight excluding hydrogens is 224 g/mol. The van der Waals surface area contributed by atoms with Gasteiger partial charge in [0.1, 0.15) is 0 Å². The van der Waals surface area contributed by atoms with E-state index in [9.17, 15) is 0 Å². The summed E-state index contributed by atoms with van der Waals surface area (Å²) in [7, 11) is 2.21. The SMILES string of the molecule is CC1CN(CCNCc2cccnc2)CCN1C. The quantitative estimate of drug-likeness (QED) is 0.781. The molecule has 1 aliphatic rings. The molecular formula is C14H24N4. The fraction of sp³-hybridized carbons (Fsp3) is 0.643. The first-order chi connectivity index (χ1) is 8.75. The first-order valence-electron chi connectivity index (χ1n) is 6.78. The van der Waals surface area contributed by atoms with Gasteiger partial charge in [0.2, 0.25) is 0 Å². The number of likely N-dealkylation sites (N-methyl/N-ethyl adjacent to an activating group) is 1. The van der Waals surface area contributed by atoms with E-state index in [2.05, 4.69) is 40.1 Å². The topological polar surface area (TPSA) is 31.4 Å². The van der Waals surface area contributed by atoms with Gasteiger partial charge < -0.3 is 10.2 Å². The van der Waals surface area contributed by atoms with Crippen LogP contribution in [-0.4, -0.2) is 60.6 Å². The Morgan fingerprint density at radius 2 is 2.33 bits per heavy atom. The van der Waals surface area contributed by atoms with Crippen molar-refractivity contribution in [2.75, 3.05) is 39.8 Å². The second-order valence-electron chi connectivity index (χ2n) is 5.17. The maximum absolute atomic E-state index is 4.12. The zero-order valence-corrected chi connectivity index (χ0v) is 11.5. The van der Waals surface area contributed by atoms with Crippen LogP contribution in [0.3, 0.4) is 0 Å². The number of hydrogen-bond donors (Lipinski definition) is 1. The molecule has 1 unspecified atom stereocenters. The Morgan fingerprint density at radius 1 is 1.44 bits per heavy atom. The molecule has 1 fully saturated rings. The van der Waals surface area contributed by atoms with Gasteiger partial charge in [0.15, 0.2) is 0 Å². The third kappa shape index (κ3) is 4.05. The van der Waals surface area contributed by atoms with Gasteiger partial charge in [-0.15, -0.1) is 0 Å². The van der Waals surface area contributed by atoms with E-state index in [4.69, 9.17) is 0 Å². The van der Waals surface area contributed by atoms with Crippen LogP contribution in [0.15, 0.2) is 24.5 Å². The molecule has 0 radical (unpaired) electrons. The summed E-state index contributed by atoms with van der Waals surface area (Å²) in [6.45, 7) is 8.96. The molecule has 0 bridgehead atoms. The van der Waals surface area contributed by atoms with Gasteiger partial charge in [-0.3, -0.25) is 9.88 Å². The summed E-state index contributed by atoms with van der Waals surface area (Å²) in [5.74, 6) is 0. The van der Waals surface area contributed by atoms with Crippen molar-refractivity contribution < 1.29 is 0 Å². The lowest BCUT2D eigenvalue weighted by Gasteiger charge is -2.37. The third-order valence-corrected chi connectivity index (χ3v) is 3.70. The second-order valence-corrected chi connectivity index (χ2v) is 5.17. The summed E-state index contributed by atoms with van der Waals surface area (Å²) in [5.41, 5.74) is 1.25. The second kappa shape index (κ2) is 6.83. The first-order valence-corrected chi connectivity index (χ1v) is 6.78. The van der Waals surface area contributed by atoms with E-state index in [1.54, 1.807) is 0 Å². The molecule has 1 aliphatic heterocycles. The van der Waals surface area contributed by atoms with Gasteiger partial charge in [-0.2, -0.15) is 0 Å². The molecule has 0 amide bonds. The summed E-state index contributed by atoms with van der Waals surface area (Å²) in [4.78, 5) is 9.09. The zero-order chi connectivity index (χ0) is 12.8. The van der Waals surface area contributed by atoms with E-state index in [1.165, 1.54) is 25.2 Å². The van der Waals surface area contributed by atoms with Gasteiger partial charge in [0.25, 0.3) is 0 Å². The van der Waals surface area contributed by atoms with Crippen LogP contribution in [0.1, 0.15) is 12.5 Å². The summed E-state index contributed by atoms with van der Waals surface area (Å²) in [6.07, 6.45) is 3.74. The van der Waals surface area contributed by atoms with Crippen LogP contribution in [0.4, 0.5) is 0 Å². The maximum atomic E-state index is 4.12. The Kier molecular flexibility index (Phi) is 5.11. The number of piperazine rings is 1. The normalized spacial score (nSPS) is 22.2. The lowest BCUT2D eigenvalue weighted by atomic mass is 10.2. The Morgan fingerprint density at radius 3 is 3.06 bits per heavy atom. The van der Waals surface area contributed by atoms with Crippen LogP contribution < -0.4 is 5.32 Å². The van der Waals surface area contributed by atoms with Crippen molar-refractivity contribution in [2.24, 2.45) is 0 Å². The average molecular weight is 248 g/mol. The molecule has 2 heterocycles. The van der Waals surface area contributed by atoms with Gasteiger partial charge >= 0.3 is 0 Å². The maximum Gasteiger partial charge on any atom is 0.0312 e. The minimum absolute atomic E-state index is 0.678. The molecule has 1 aromatic rings. The molecule has 0 aromatic carbocycles. The van der Waals surface area contributed by atoms with Crippen molar-refractivity contribution in [3.63, 3.8) is 0 Å². The van der Waals surface area contributed by atoms with Crippen molar-refractivity contribution in [1.29, 1.82) is 0 Å². The van der Waals surface area contributed by atoms with Crippen LogP contribution in [0.5, 0.6) is 0 Å². The van der Waals surface area contributed by atoms with Gasteiger partial charge in [-0.1, -0.05) is 6.07 Å². The van der Waals surface area contributed by atoms with Crippen molar-refractivity contribution in [1.82, 2.24) is 20.1 Å². The summed E-state index contributed by atoms with van der Waals surface area (Å²) in [5, 5.41) is 3.48. The highest BCUT2D eigenvalue weighted by Gasteiger charge is 2.19. The van der Waals surface area contributed by atoms with Crippen LogP contribution in [0.25, 0.3) is 0 Å². The molecule has 1 atom stereocenters. The summed E-state index contributed by atoms with van der Waals surface area (Å²) in [6, 6.07) is 4.77. The monoisotopic (exact) mass is 248 g/mol. The van der Waals surface area contributed by atoms with Gasteiger partial charge in [0, 0.05) is 57.7 Å². The lowest BCUT2D eigenvalue weighted by molar-refractivity contribution is 0.106. The summed E-state index contributed by atoms with van der Waals surface area (Å²) < 4.78 is 0. The van der Waals surface area contributed by atoms with Crippen molar-refractivity contribution >= 4 is 0 Å². The Bertz CT molecular complexity index is 341. The standard InChI is InChI=1S/C14H24N4/c1-13-12-18(9-8-17(13)2)7-6-16-11-14-4-3-5-15-10-14/h3-5,10,13,16H,6-9,11-12H2,1-2H3. The predicted octanol–water partition coefficient (Wildman–Crippen LogP) is 0.807. The van der Waals surface area contributed by atoms with E-state index in [0.717, 1.165) is 19.6 Å². The highest BCUT2D eigenvalue weighted by atomic mass is 15.3. The molecule has 4 heteroatoms. The Labute approximate surface area is 110 Å². The number of aromatic nitrogens is 1. The summed E-state index contributed by atoms with van der Waals surface area (Å²) >= 11 is 0. The van der Waals surface area contributed by atoms with Crippen LogP contribution in [0, 0.1) is 0 Å². The number of nitrogens with zero attached hydrogens (tertiary/aromatic N) is 3. The van der Waals surface area contributed by atoms with Crippen LogP contribution >= 0.6 is 0 Å². The molecule has 1 saturated heterocycles. The fourth-order valence-corrected chi connectivity index (χ4v) is 2.30. The Hall–Kier alpha value is -0.970.